The maximum atomic E-state index is 5.43. The maximum Gasteiger partial charge on any atom is 0.216 e. The fourth-order valence-corrected chi connectivity index (χ4v) is 1.54. The molecule has 0 saturated carbocycles. The lowest BCUT2D eigenvalue weighted by Gasteiger charge is -2.10. The number of nitrogens with one attached hydrogen (secondary N) is 1. The monoisotopic (exact) mass is 193 g/mol. The summed E-state index contributed by atoms with van der Waals surface area (Å²) in [4.78, 5) is 8.52. The molecule has 1 atom stereocenters. The molecule has 4 heteroatoms. The topological polar surface area (TPSA) is 50.4 Å². The summed E-state index contributed by atoms with van der Waals surface area (Å²) in [5, 5.41) is 3.30. The number of oxazole rings is 1. The van der Waals surface area contributed by atoms with Crippen molar-refractivity contribution in [3.05, 3.63) is 17.8 Å². The van der Waals surface area contributed by atoms with Crippen molar-refractivity contribution >= 4 is 5.84 Å². The summed E-state index contributed by atoms with van der Waals surface area (Å²) in [6.45, 7) is 4.88. The molecule has 0 saturated heterocycles. The molecule has 14 heavy (non-hydrogen) atoms. The number of hydrogen-bond donors (Lipinski definition) is 1. The molecule has 4 nitrogen and oxygen atoms in total. The summed E-state index contributed by atoms with van der Waals surface area (Å²) in [6.07, 6.45) is 3.94. The SMILES string of the molecule is Cc1cnc(C(C)NC2=NCCC2)o1. The van der Waals surface area contributed by atoms with Crippen molar-refractivity contribution in [2.75, 3.05) is 6.54 Å². The summed E-state index contributed by atoms with van der Waals surface area (Å²) in [7, 11) is 0. The number of rotatable bonds is 2. The fraction of sp³-hybridized carbons (Fsp3) is 0.600. The van der Waals surface area contributed by atoms with E-state index in [1.165, 1.54) is 0 Å². The molecule has 0 fully saturated rings. The Balaban J connectivity index is 1.98. The van der Waals surface area contributed by atoms with Gasteiger partial charge in [-0.3, -0.25) is 4.99 Å². The molecule has 2 heterocycles. The van der Waals surface area contributed by atoms with Crippen LogP contribution in [0.25, 0.3) is 0 Å². The second kappa shape index (κ2) is 3.82. The Morgan fingerprint density at radius 1 is 1.57 bits per heavy atom. The average molecular weight is 193 g/mol. The van der Waals surface area contributed by atoms with Crippen molar-refractivity contribution < 1.29 is 4.42 Å². The molecule has 1 N–H and O–H groups in total. The van der Waals surface area contributed by atoms with E-state index in [1.54, 1.807) is 6.20 Å². The van der Waals surface area contributed by atoms with Crippen molar-refractivity contribution in [1.82, 2.24) is 10.3 Å². The van der Waals surface area contributed by atoms with Crippen molar-refractivity contribution in [2.45, 2.75) is 32.7 Å². The van der Waals surface area contributed by atoms with Crippen molar-refractivity contribution in [3.8, 4) is 0 Å². The van der Waals surface area contributed by atoms with Crippen LogP contribution in [0.4, 0.5) is 0 Å². The second-order valence-corrected chi connectivity index (χ2v) is 3.61. The summed E-state index contributed by atoms with van der Waals surface area (Å²) < 4.78 is 5.43. The third kappa shape index (κ3) is 1.95. The van der Waals surface area contributed by atoms with Gasteiger partial charge in [0.15, 0.2) is 0 Å². The highest BCUT2D eigenvalue weighted by molar-refractivity contribution is 5.83. The predicted octanol–water partition coefficient (Wildman–Crippen LogP) is 1.83. The minimum atomic E-state index is 0.112. The van der Waals surface area contributed by atoms with E-state index in [0.29, 0.717) is 0 Å². The number of aromatic nitrogens is 1. The molecule has 0 spiro atoms. The highest BCUT2D eigenvalue weighted by Crippen LogP contribution is 2.13. The third-order valence-electron chi connectivity index (χ3n) is 2.27. The lowest BCUT2D eigenvalue weighted by atomic mass is 10.3. The standard InChI is InChI=1S/C10H15N3O/c1-7-6-12-10(14-7)8(2)13-9-4-3-5-11-9/h6,8H,3-5H2,1-2H3,(H,11,13). The Hall–Kier alpha value is -1.32. The third-order valence-corrected chi connectivity index (χ3v) is 2.27. The summed E-state index contributed by atoms with van der Waals surface area (Å²) in [5.74, 6) is 2.66. The maximum absolute atomic E-state index is 5.43. The van der Waals surface area contributed by atoms with E-state index in [0.717, 1.165) is 36.9 Å². The Kier molecular flexibility index (Phi) is 2.52. The summed E-state index contributed by atoms with van der Waals surface area (Å²) >= 11 is 0. The fourth-order valence-electron chi connectivity index (χ4n) is 1.54. The van der Waals surface area contributed by atoms with Gasteiger partial charge in [0, 0.05) is 13.0 Å². The van der Waals surface area contributed by atoms with E-state index in [4.69, 9.17) is 4.42 Å². The van der Waals surface area contributed by atoms with Gasteiger partial charge in [0.25, 0.3) is 0 Å². The lowest BCUT2D eigenvalue weighted by molar-refractivity contribution is 0.429. The van der Waals surface area contributed by atoms with Crippen LogP contribution in [-0.2, 0) is 0 Å². The largest absolute Gasteiger partial charge is 0.444 e. The average Bonchev–Trinajstić information content (AvgIpc) is 2.75. The van der Waals surface area contributed by atoms with Gasteiger partial charge in [0.1, 0.15) is 11.8 Å². The number of hydrogen-bond acceptors (Lipinski definition) is 4. The molecule has 0 bridgehead atoms. The van der Waals surface area contributed by atoms with Gasteiger partial charge < -0.3 is 9.73 Å². The van der Waals surface area contributed by atoms with E-state index < -0.39 is 0 Å². The van der Waals surface area contributed by atoms with Crippen molar-refractivity contribution in [1.29, 1.82) is 0 Å². The normalized spacial score (nSPS) is 18.0. The molecule has 76 valence electrons. The van der Waals surface area contributed by atoms with Gasteiger partial charge in [-0.2, -0.15) is 0 Å². The van der Waals surface area contributed by atoms with Crippen LogP contribution in [0, 0.1) is 6.92 Å². The molecule has 1 unspecified atom stereocenters. The van der Waals surface area contributed by atoms with Crippen LogP contribution in [0.5, 0.6) is 0 Å². The molecule has 0 aromatic carbocycles. The van der Waals surface area contributed by atoms with Crippen LogP contribution in [-0.4, -0.2) is 17.4 Å². The second-order valence-electron chi connectivity index (χ2n) is 3.61. The van der Waals surface area contributed by atoms with Crippen LogP contribution in [0.1, 0.15) is 37.5 Å². The molecule has 1 aromatic rings. The van der Waals surface area contributed by atoms with E-state index in [-0.39, 0.29) is 6.04 Å². The van der Waals surface area contributed by atoms with Gasteiger partial charge in [0.05, 0.1) is 12.0 Å². The Bertz CT molecular complexity index is 343. The molecule has 1 aliphatic heterocycles. The molecule has 1 aromatic heterocycles. The molecule has 0 aliphatic carbocycles. The minimum Gasteiger partial charge on any atom is -0.444 e. The molecular formula is C10H15N3O. The van der Waals surface area contributed by atoms with Crippen LogP contribution < -0.4 is 5.32 Å². The number of nitrogens with zero attached hydrogens (tertiary/aromatic N) is 2. The van der Waals surface area contributed by atoms with Gasteiger partial charge in [0.2, 0.25) is 5.89 Å². The van der Waals surface area contributed by atoms with Gasteiger partial charge >= 0.3 is 0 Å². The number of amidine groups is 1. The highest BCUT2D eigenvalue weighted by atomic mass is 16.4. The van der Waals surface area contributed by atoms with Gasteiger partial charge in [-0.1, -0.05) is 0 Å². The van der Waals surface area contributed by atoms with Gasteiger partial charge in [-0.25, -0.2) is 4.98 Å². The first-order chi connectivity index (χ1) is 6.75. The summed E-state index contributed by atoms with van der Waals surface area (Å²) in [6, 6.07) is 0.112. The Labute approximate surface area is 83.4 Å². The zero-order valence-corrected chi connectivity index (χ0v) is 8.58. The van der Waals surface area contributed by atoms with E-state index in [1.807, 2.05) is 13.8 Å². The summed E-state index contributed by atoms with van der Waals surface area (Å²) in [5.41, 5.74) is 0. The molecule has 1 aliphatic rings. The first-order valence-corrected chi connectivity index (χ1v) is 4.98. The predicted molar refractivity (Wildman–Crippen MR) is 54.3 cm³/mol. The molecule has 0 radical (unpaired) electrons. The quantitative estimate of drug-likeness (QED) is 0.779. The molecular weight excluding hydrogens is 178 g/mol. The van der Waals surface area contributed by atoms with Crippen LogP contribution >= 0.6 is 0 Å². The van der Waals surface area contributed by atoms with Crippen molar-refractivity contribution in [3.63, 3.8) is 0 Å². The van der Waals surface area contributed by atoms with E-state index in [9.17, 15) is 0 Å². The van der Waals surface area contributed by atoms with Crippen LogP contribution in [0.3, 0.4) is 0 Å². The molecule has 0 amide bonds. The Morgan fingerprint density at radius 2 is 2.43 bits per heavy atom. The highest BCUT2D eigenvalue weighted by Gasteiger charge is 2.14. The zero-order chi connectivity index (χ0) is 9.97. The first kappa shape index (κ1) is 9.24. The van der Waals surface area contributed by atoms with Crippen LogP contribution in [0.2, 0.25) is 0 Å². The van der Waals surface area contributed by atoms with E-state index >= 15 is 0 Å². The van der Waals surface area contributed by atoms with Gasteiger partial charge in [-0.05, 0) is 20.3 Å². The number of aryl methyl sites for hydroxylation is 1. The van der Waals surface area contributed by atoms with E-state index in [2.05, 4.69) is 15.3 Å². The minimum absolute atomic E-state index is 0.112. The zero-order valence-electron chi connectivity index (χ0n) is 8.58. The molecule has 2 rings (SSSR count). The van der Waals surface area contributed by atoms with Gasteiger partial charge in [-0.15, -0.1) is 0 Å². The van der Waals surface area contributed by atoms with Crippen LogP contribution in [0.15, 0.2) is 15.6 Å². The number of aliphatic imine (C=N–C) groups is 1. The van der Waals surface area contributed by atoms with Crippen molar-refractivity contribution in [2.24, 2.45) is 4.99 Å². The lowest BCUT2D eigenvalue weighted by Crippen LogP contribution is -2.25. The Morgan fingerprint density at radius 3 is 3.00 bits per heavy atom. The first-order valence-electron chi connectivity index (χ1n) is 4.98. The smallest absolute Gasteiger partial charge is 0.216 e.